The van der Waals surface area contributed by atoms with Gasteiger partial charge in [0.05, 0.1) is 11.6 Å². The standard InChI is InChI=1S/C17H15N3O2/c1-11-9-15(7-8-16(11)19-12(2)21)20-17(22)14-5-3-13(10-18)4-6-14/h3-9H,1-2H3,(H,19,21)(H,20,22). The van der Waals surface area contributed by atoms with Crippen molar-refractivity contribution in [3.8, 4) is 6.07 Å². The minimum Gasteiger partial charge on any atom is -0.326 e. The molecule has 0 spiro atoms. The lowest BCUT2D eigenvalue weighted by atomic mass is 10.1. The van der Waals surface area contributed by atoms with Crippen molar-refractivity contribution in [3.05, 3.63) is 59.2 Å². The second kappa shape index (κ2) is 6.55. The minimum absolute atomic E-state index is 0.141. The van der Waals surface area contributed by atoms with Gasteiger partial charge in [0.25, 0.3) is 5.91 Å². The van der Waals surface area contributed by atoms with Crippen molar-refractivity contribution in [2.75, 3.05) is 10.6 Å². The van der Waals surface area contributed by atoms with Crippen molar-refractivity contribution in [2.24, 2.45) is 0 Å². The first-order valence-electron chi connectivity index (χ1n) is 6.69. The van der Waals surface area contributed by atoms with Crippen LogP contribution in [0.5, 0.6) is 0 Å². The third-order valence-electron chi connectivity index (χ3n) is 3.07. The third-order valence-corrected chi connectivity index (χ3v) is 3.07. The Hall–Kier alpha value is -3.13. The molecule has 0 aliphatic rings. The topological polar surface area (TPSA) is 82.0 Å². The van der Waals surface area contributed by atoms with Crippen molar-refractivity contribution < 1.29 is 9.59 Å². The maximum Gasteiger partial charge on any atom is 0.255 e. The summed E-state index contributed by atoms with van der Waals surface area (Å²) in [5, 5.41) is 14.2. The molecule has 0 saturated carbocycles. The number of aryl methyl sites for hydroxylation is 1. The van der Waals surface area contributed by atoms with Crippen LogP contribution in [-0.4, -0.2) is 11.8 Å². The summed E-state index contributed by atoms with van der Waals surface area (Å²) in [5.74, 6) is -0.395. The van der Waals surface area contributed by atoms with Gasteiger partial charge in [-0.05, 0) is 55.0 Å². The molecular formula is C17H15N3O2. The van der Waals surface area contributed by atoms with E-state index in [2.05, 4.69) is 10.6 Å². The van der Waals surface area contributed by atoms with Crippen LogP contribution in [0.15, 0.2) is 42.5 Å². The van der Waals surface area contributed by atoms with Crippen LogP contribution in [0.1, 0.15) is 28.4 Å². The van der Waals surface area contributed by atoms with Gasteiger partial charge in [-0.2, -0.15) is 5.26 Å². The van der Waals surface area contributed by atoms with Crippen molar-refractivity contribution >= 4 is 23.2 Å². The van der Waals surface area contributed by atoms with Gasteiger partial charge >= 0.3 is 0 Å². The highest BCUT2D eigenvalue weighted by Crippen LogP contribution is 2.20. The molecule has 5 heteroatoms. The summed E-state index contributed by atoms with van der Waals surface area (Å²) in [4.78, 5) is 23.2. The van der Waals surface area contributed by atoms with Gasteiger partial charge in [0.15, 0.2) is 0 Å². The Morgan fingerprint density at radius 2 is 1.73 bits per heavy atom. The maximum atomic E-state index is 12.1. The normalized spacial score (nSPS) is 9.68. The second-order valence-corrected chi connectivity index (χ2v) is 4.85. The average molecular weight is 293 g/mol. The Balaban J connectivity index is 2.12. The lowest BCUT2D eigenvalue weighted by Gasteiger charge is -2.10. The smallest absolute Gasteiger partial charge is 0.255 e. The molecule has 0 aromatic heterocycles. The Kier molecular flexibility index (Phi) is 4.54. The van der Waals surface area contributed by atoms with Gasteiger partial charge < -0.3 is 10.6 Å². The predicted octanol–water partition coefficient (Wildman–Crippen LogP) is 3.08. The monoisotopic (exact) mass is 293 g/mol. The fourth-order valence-electron chi connectivity index (χ4n) is 1.97. The fraction of sp³-hybridized carbons (Fsp3) is 0.118. The van der Waals surface area contributed by atoms with E-state index in [9.17, 15) is 9.59 Å². The van der Waals surface area contributed by atoms with Crippen LogP contribution in [0, 0.1) is 18.3 Å². The van der Waals surface area contributed by atoms with E-state index >= 15 is 0 Å². The summed E-state index contributed by atoms with van der Waals surface area (Å²) in [6.07, 6.45) is 0. The van der Waals surface area contributed by atoms with E-state index in [4.69, 9.17) is 5.26 Å². The van der Waals surface area contributed by atoms with E-state index in [1.807, 2.05) is 13.0 Å². The molecule has 2 aromatic rings. The minimum atomic E-state index is -0.254. The highest BCUT2D eigenvalue weighted by molar-refractivity contribution is 6.04. The van der Waals surface area contributed by atoms with E-state index in [0.29, 0.717) is 22.5 Å². The molecule has 2 N–H and O–H groups in total. The molecule has 0 bridgehead atoms. The van der Waals surface area contributed by atoms with Gasteiger partial charge in [0, 0.05) is 23.9 Å². The lowest BCUT2D eigenvalue weighted by Crippen LogP contribution is -2.12. The zero-order valence-corrected chi connectivity index (χ0v) is 12.3. The van der Waals surface area contributed by atoms with Crippen LogP contribution in [0.25, 0.3) is 0 Å². The summed E-state index contributed by atoms with van der Waals surface area (Å²) in [6, 6.07) is 13.7. The molecule has 0 saturated heterocycles. The van der Waals surface area contributed by atoms with Gasteiger partial charge in [-0.3, -0.25) is 9.59 Å². The van der Waals surface area contributed by atoms with Gasteiger partial charge in [-0.15, -0.1) is 0 Å². The van der Waals surface area contributed by atoms with Gasteiger partial charge in [0.2, 0.25) is 5.91 Å². The zero-order chi connectivity index (χ0) is 16.1. The largest absolute Gasteiger partial charge is 0.326 e. The molecule has 110 valence electrons. The second-order valence-electron chi connectivity index (χ2n) is 4.85. The molecule has 0 atom stereocenters. The van der Waals surface area contributed by atoms with Crippen LogP contribution >= 0.6 is 0 Å². The Morgan fingerprint density at radius 3 is 2.27 bits per heavy atom. The number of nitrogens with zero attached hydrogens (tertiary/aromatic N) is 1. The number of nitriles is 1. The van der Waals surface area contributed by atoms with Crippen LogP contribution in [0.3, 0.4) is 0 Å². The van der Waals surface area contributed by atoms with E-state index in [1.165, 1.54) is 6.92 Å². The number of carbonyl (C=O) groups is 2. The fourth-order valence-corrected chi connectivity index (χ4v) is 1.97. The SMILES string of the molecule is CC(=O)Nc1ccc(NC(=O)c2ccc(C#N)cc2)cc1C. The maximum absolute atomic E-state index is 12.1. The molecule has 2 aromatic carbocycles. The van der Waals surface area contributed by atoms with E-state index < -0.39 is 0 Å². The molecule has 0 unspecified atom stereocenters. The van der Waals surface area contributed by atoms with Crippen molar-refractivity contribution in [1.29, 1.82) is 5.26 Å². The highest BCUT2D eigenvalue weighted by atomic mass is 16.2. The van der Waals surface area contributed by atoms with Gasteiger partial charge in [-0.25, -0.2) is 0 Å². The first-order chi connectivity index (χ1) is 10.5. The number of nitrogens with one attached hydrogen (secondary N) is 2. The Morgan fingerprint density at radius 1 is 1.05 bits per heavy atom. The molecule has 22 heavy (non-hydrogen) atoms. The highest BCUT2D eigenvalue weighted by Gasteiger charge is 2.07. The summed E-state index contributed by atoms with van der Waals surface area (Å²) in [7, 11) is 0. The lowest BCUT2D eigenvalue weighted by molar-refractivity contribution is -0.114. The van der Waals surface area contributed by atoms with Crippen LogP contribution in [0.4, 0.5) is 11.4 Å². The molecular weight excluding hydrogens is 278 g/mol. The van der Waals surface area contributed by atoms with E-state index in [1.54, 1.807) is 42.5 Å². The van der Waals surface area contributed by atoms with Gasteiger partial charge in [-0.1, -0.05) is 0 Å². The number of benzene rings is 2. The predicted molar refractivity (Wildman–Crippen MR) is 84.6 cm³/mol. The number of carbonyl (C=O) groups excluding carboxylic acids is 2. The number of hydrogen-bond acceptors (Lipinski definition) is 3. The number of amides is 2. The zero-order valence-electron chi connectivity index (χ0n) is 12.3. The van der Waals surface area contributed by atoms with Crippen molar-refractivity contribution in [2.45, 2.75) is 13.8 Å². The molecule has 2 amide bonds. The molecule has 0 aliphatic heterocycles. The van der Waals surface area contributed by atoms with Crippen LogP contribution in [0.2, 0.25) is 0 Å². The first kappa shape index (κ1) is 15.3. The van der Waals surface area contributed by atoms with Crippen LogP contribution < -0.4 is 10.6 Å². The van der Waals surface area contributed by atoms with Crippen LogP contribution in [-0.2, 0) is 4.79 Å². The molecule has 5 nitrogen and oxygen atoms in total. The number of rotatable bonds is 3. The summed E-state index contributed by atoms with van der Waals surface area (Å²) < 4.78 is 0. The van der Waals surface area contributed by atoms with Crippen molar-refractivity contribution in [3.63, 3.8) is 0 Å². The molecule has 0 aliphatic carbocycles. The van der Waals surface area contributed by atoms with E-state index in [-0.39, 0.29) is 11.8 Å². The Bertz CT molecular complexity index is 758. The quantitative estimate of drug-likeness (QED) is 0.912. The first-order valence-corrected chi connectivity index (χ1v) is 6.69. The molecule has 0 fully saturated rings. The number of hydrogen-bond donors (Lipinski definition) is 2. The summed E-state index contributed by atoms with van der Waals surface area (Å²) in [6.45, 7) is 3.29. The van der Waals surface area contributed by atoms with E-state index in [0.717, 1.165) is 5.56 Å². The van der Waals surface area contributed by atoms with Crippen molar-refractivity contribution in [1.82, 2.24) is 0 Å². The molecule has 2 rings (SSSR count). The summed E-state index contributed by atoms with van der Waals surface area (Å²) in [5.41, 5.74) is 3.19. The number of anilines is 2. The summed E-state index contributed by atoms with van der Waals surface area (Å²) >= 11 is 0. The molecule has 0 heterocycles. The Labute approximate surface area is 128 Å². The third kappa shape index (κ3) is 3.70. The van der Waals surface area contributed by atoms with Gasteiger partial charge in [0.1, 0.15) is 0 Å². The molecule has 0 radical (unpaired) electrons. The average Bonchev–Trinajstić information content (AvgIpc) is 2.49.